The molecule has 0 atom stereocenters. The first kappa shape index (κ1) is 16.2. The molecule has 7 heteroatoms. The maximum Gasteiger partial charge on any atom is 0.278 e. The lowest BCUT2D eigenvalue weighted by atomic mass is 10.1. The molecule has 2 rings (SSSR count). The van der Waals surface area contributed by atoms with E-state index < -0.39 is 10.8 Å². The molecular weight excluding hydrogens is 298 g/mol. The van der Waals surface area contributed by atoms with Crippen molar-refractivity contribution in [3.8, 4) is 5.75 Å². The second-order valence-corrected chi connectivity index (χ2v) is 4.64. The zero-order valence-corrected chi connectivity index (χ0v) is 12.6. The third-order valence-electron chi connectivity index (χ3n) is 3.17. The molecule has 1 N–H and O–H groups in total. The Hall–Kier alpha value is -3.22. The molecule has 0 aliphatic carbocycles. The fraction of sp³-hybridized carbons (Fsp3) is 0.125. The van der Waals surface area contributed by atoms with Crippen molar-refractivity contribution >= 4 is 17.3 Å². The van der Waals surface area contributed by atoms with E-state index in [0.29, 0.717) is 22.6 Å². The summed E-state index contributed by atoms with van der Waals surface area (Å²) in [6, 6.07) is 12.7. The van der Waals surface area contributed by atoms with Gasteiger partial charge in [0.15, 0.2) is 0 Å². The second-order valence-electron chi connectivity index (χ2n) is 4.64. The minimum absolute atomic E-state index is 0.0625. The largest absolute Gasteiger partial charge is 0.497 e. The molecule has 0 aliphatic heterocycles. The molecule has 1 amide bonds. The van der Waals surface area contributed by atoms with Crippen LogP contribution in [0.5, 0.6) is 5.75 Å². The molecule has 0 radical (unpaired) electrons. The Morgan fingerprint density at radius 2 is 1.83 bits per heavy atom. The predicted molar refractivity (Wildman–Crippen MR) is 85.8 cm³/mol. The molecule has 7 nitrogen and oxygen atoms in total. The number of rotatable bonds is 5. The molecule has 0 saturated carbocycles. The molecular formula is C16H15N3O4. The average molecular weight is 313 g/mol. The molecule has 0 spiro atoms. The minimum atomic E-state index is -0.486. The zero-order valence-electron chi connectivity index (χ0n) is 12.6. The van der Waals surface area contributed by atoms with Gasteiger partial charge in [0, 0.05) is 11.6 Å². The van der Waals surface area contributed by atoms with Gasteiger partial charge >= 0.3 is 0 Å². The first-order valence-corrected chi connectivity index (χ1v) is 6.75. The average Bonchev–Trinajstić information content (AvgIpc) is 2.59. The summed E-state index contributed by atoms with van der Waals surface area (Å²) in [7, 11) is 1.54. The van der Waals surface area contributed by atoms with Crippen LogP contribution in [0.15, 0.2) is 53.6 Å². The third kappa shape index (κ3) is 3.91. The molecule has 0 heterocycles. The molecule has 0 fully saturated rings. The smallest absolute Gasteiger partial charge is 0.278 e. The van der Waals surface area contributed by atoms with E-state index >= 15 is 0 Å². The van der Waals surface area contributed by atoms with Crippen molar-refractivity contribution in [2.45, 2.75) is 6.92 Å². The Morgan fingerprint density at radius 3 is 2.43 bits per heavy atom. The summed E-state index contributed by atoms with van der Waals surface area (Å²) in [6.07, 6.45) is 0. The number of benzene rings is 2. The Labute approximate surface area is 132 Å². The zero-order chi connectivity index (χ0) is 16.8. The van der Waals surface area contributed by atoms with Crippen LogP contribution in [0.4, 0.5) is 5.69 Å². The van der Waals surface area contributed by atoms with Gasteiger partial charge in [-0.15, -0.1) is 0 Å². The standard InChI is InChI=1S/C16H15N3O4/c1-11(14-5-3-4-6-15(14)19(21)22)17-18-16(20)12-7-9-13(23-2)10-8-12/h3-10H,1-2H3,(H,18,20)/b17-11-. The van der Waals surface area contributed by atoms with Gasteiger partial charge in [0.2, 0.25) is 0 Å². The SMILES string of the molecule is COc1ccc(C(=O)N/N=C(/C)c2ccccc2[N+](=O)[O-])cc1. The van der Waals surface area contributed by atoms with Crippen molar-refractivity contribution in [2.24, 2.45) is 5.10 Å². The van der Waals surface area contributed by atoms with Gasteiger partial charge in [-0.25, -0.2) is 5.43 Å². The molecule has 2 aromatic carbocycles. The van der Waals surface area contributed by atoms with Gasteiger partial charge in [-0.3, -0.25) is 14.9 Å². The van der Waals surface area contributed by atoms with Gasteiger partial charge in [0.05, 0.1) is 23.3 Å². The van der Waals surface area contributed by atoms with Crippen LogP contribution in [-0.2, 0) is 0 Å². The fourth-order valence-corrected chi connectivity index (χ4v) is 1.94. The molecule has 0 aliphatic rings. The van der Waals surface area contributed by atoms with Gasteiger partial charge in [-0.2, -0.15) is 5.10 Å². The molecule has 0 unspecified atom stereocenters. The summed E-state index contributed by atoms with van der Waals surface area (Å²) in [4.78, 5) is 22.5. The minimum Gasteiger partial charge on any atom is -0.497 e. The number of nitro groups is 1. The van der Waals surface area contributed by atoms with E-state index in [1.807, 2.05) is 0 Å². The number of nitro benzene ring substituents is 1. The van der Waals surface area contributed by atoms with E-state index in [-0.39, 0.29) is 5.69 Å². The van der Waals surface area contributed by atoms with Crippen LogP contribution in [0.25, 0.3) is 0 Å². The first-order valence-electron chi connectivity index (χ1n) is 6.75. The van der Waals surface area contributed by atoms with E-state index in [9.17, 15) is 14.9 Å². The number of methoxy groups -OCH3 is 1. The van der Waals surface area contributed by atoms with Gasteiger partial charge < -0.3 is 4.74 Å². The number of hydrogen-bond acceptors (Lipinski definition) is 5. The summed E-state index contributed by atoms with van der Waals surface area (Å²) in [5.74, 6) is 0.228. The summed E-state index contributed by atoms with van der Waals surface area (Å²) < 4.78 is 5.02. The first-order chi connectivity index (χ1) is 11.0. The Kier molecular flexibility index (Phi) is 5.03. The Morgan fingerprint density at radius 1 is 1.17 bits per heavy atom. The van der Waals surface area contributed by atoms with Crippen molar-refractivity contribution in [3.63, 3.8) is 0 Å². The predicted octanol–water partition coefficient (Wildman–Crippen LogP) is 2.76. The molecule has 118 valence electrons. The van der Waals surface area contributed by atoms with E-state index in [1.54, 1.807) is 49.4 Å². The third-order valence-corrected chi connectivity index (χ3v) is 3.17. The monoisotopic (exact) mass is 313 g/mol. The number of ether oxygens (including phenoxy) is 1. The normalized spacial score (nSPS) is 11.0. The quantitative estimate of drug-likeness (QED) is 0.521. The highest BCUT2D eigenvalue weighted by atomic mass is 16.6. The molecule has 0 saturated heterocycles. The van der Waals surface area contributed by atoms with Gasteiger partial charge in [0.1, 0.15) is 5.75 Å². The number of hydrogen-bond donors (Lipinski definition) is 1. The summed E-state index contributed by atoms with van der Waals surface area (Å²) in [5.41, 5.74) is 3.43. The summed E-state index contributed by atoms with van der Waals surface area (Å²) >= 11 is 0. The maximum absolute atomic E-state index is 12.0. The lowest BCUT2D eigenvalue weighted by Crippen LogP contribution is -2.19. The number of amides is 1. The molecule has 23 heavy (non-hydrogen) atoms. The van der Waals surface area contributed by atoms with Crippen LogP contribution < -0.4 is 10.2 Å². The van der Waals surface area contributed by atoms with Crippen molar-refractivity contribution in [2.75, 3.05) is 7.11 Å². The van der Waals surface area contributed by atoms with Gasteiger partial charge in [-0.1, -0.05) is 12.1 Å². The van der Waals surface area contributed by atoms with Crippen LogP contribution >= 0.6 is 0 Å². The van der Waals surface area contributed by atoms with E-state index in [4.69, 9.17) is 4.74 Å². The van der Waals surface area contributed by atoms with E-state index in [2.05, 4.69) is 10.5 Å². The number of para-hydroxylation sites is 1. The molecule has 2 aromatic rings. The number of nitrogens with zero attached hydrogens (tertiary/aromatic N) is 2. The maximum atomic E-state index is 12.0. The highest BCUT2D eigenvalue weighted by Gasteiger charge is 2.15. The molecule has 0 bridgehead atoms. The number of nitrogens with one attached hydrogen (secondary N) is 1. The van der Waals surface area contributed by atoms with Crippen LogP contribution in [0, 0.1) is 10.1 Å². The van der Waals surface area contributed by atoms with Crippen LogP contribution in [0.2, 0.25) is 0 Å². The van der Waals surface area contributed by atoms with Gasteiger partial charge in [-0.05, 0) is 37.3 Å². The highest BCUT2D eigenvalue weighted by molar-refractivity contribution is 6.03. The molecule has 0 aromatic heterocycles. The van der Waals surface area contributed by atoms with Crippen molar-refractivity contribution in [3.05, 3.63) is 69.8 Å². The topological polar surface area (TPSA) is 93.8 Å². The van der Waals surface area contributed by atoms with Crippen molar-refractivity contribution < 1.29 is 14.5 Å². The summed E-state index contributed by atoms with van der Waals surface area (Å²) in [6.45, 7) is 1.59. The van der Waals surface area contributed by atoms with E-state index in [1.165, 1.54) is 13.2 Å². The van der Waals surface area contributed by atoms with Crippen molar-refractivity contribution in [1.29, 1.82) is 0 Å². The second kappa shape index (κ2) is 7.17. The highest BCUT2D eigenvalue weighted by Crippen LogP contribution is 2.18. The number of carbonyl (C=O) groups excluding carboxylic acids is 1. The van der Waals surface area contributed by atoms with Crippen LogP contribution in [-0.4, -0.2) is 23.7 Å². The fourth-order valence-electron chi connectivity index (χ4n) is 1.94. The Balaban J connectivity index is 2.15. The van der Waals surface area contributed by atoms with Crippen molar-refractivity contribution in [1.82, 2.24) is 5.43 Å². The summed E-state index contributed by atoms with van der Waals surface area (Å²) in [5, 5.41) is 14.9. The number of carbonyl (C=O) groups is 1. The Bertz CT molecular complexity index is 754. The van der Waals surface area contributed by atoms with E-state index in [0.717, 1.165) is 0 Å². The van der Waals surface area contributed by atoms with Gasteiger partial charge in [0.25, 0.3) is 11.6 Å². The van der Waals surface area contributed by atoms with Crippen LogP contribution in [0.3, 0.4) is 0 Å². The lowest BCUT2D eigenvalue weighted by molar-refractivity contribution is -0.385. The van der Waals surface area contributed by atoms with Crippen LogP contribution in [0.1, 0.15) is 22.8 Å². The lowest BCUT2D eigenvalue weighted by Gasteiger charge is -2.05. The number of hydrazone groups is 1.